The fraction of sp³-hybridized carbons (Fsp3) is 0.609. The Bertz CT molecular complexity index is 852. The molecule has 0 aliphatic carbocycles. The number of methoxy groups -OCH3 is 1. The third kappa shape index (κ3) is 5.35. The zero-order chi connectivity index (χ0) is 22.5. The molecule has 2 bridgehead atoms. The number of hydrogen-bond acceptors (Lipinski definition) is 6. The molecule has 0 radical (unpaired) electrons. The number of likely N-dealkylation sites (N-methyl/N-ethyl adjacent to an activating group) is 1. The third-order valence-corrected chi connectivity index (χ3v) is 6.04. The van der Waals surface area contributed by atoms with Gasteiger partial charge in [0.2, 0.25) is 5.91 Å². The van der Waals surface area contributed by atoms with E-state index in [-0.39, 0.29) is 36.7 Å². The maximum atomic E-state index is 13.1. The Kier molecular flexibility index (Phi) is 7.52. The Morgan fingerprint density at radius 3 is 2.61 bits per heavy atom. The summed E-state index contributed by atoms with van der Waals surface area (Å²) in [6, 6.07) is 6.90. The lowest BCUT2D eigenvalue weighted by atomic mass is 9.98. The summed E-state index contributed by atoms with van der Waals surface area (Å²) in [7, 11) is 5.09. The largest absolute Gasteiger partial charge is 0.493 e. The van der Waals surface area contributed by atoms with Crippen LogP contribution in [0.4, 0.5) is 0 Å². The Balaban J connectivity index is 1.90. The zero-order valence-electron chi connectivity index (χ0n) is 18.7. The fourth-order valence-corrected chi connectivity index (χ4v) is 4.29. The molecule has 1 aromatic carbocycles. The van der Waals surface area contributed by atoms with Crippen molar-refractivity contribution in [3.8, 4) is 11.8 Å². The van der Waals surface area contributed by atoms with E-state index < -0.39 is 5.92 Å². The predicted molar refractivity (Wildman–Crippen MR) is 114 cm³/mol. The average molecular weight is 430 g/mol. The van der Waals surface area contributed by atoms with Crippen molar-refractivity contribution >= 4 is 11.8 Å². The molecule has 8 heteroatoms. The monoisotopic (exact) mass is 429 g/mol. The van der Waals surface area contributed by atoms with Gasteiger partial charge in [-0.05, 0) is 31.0 Å². The van der Waals surface area contributed by atoms with Gasteiger partial charge < -0.3 is 24.0 Å². The number of nitrogens with zero attached hydrogens (tertiary/aromatic N) is 3. The first-order valence-electron chi connectivity index (χ1n) is 10.7. The van der Waals surface area contributed by atoms with Gasteiger partial charge in [0.15, 0.2) is 0 Å². The van der Waals surface area contributed by atoms with E-state index in [0.29, 0.717) is 36.4 Å². The number of hydrogen-bond donors (Lipinski definition) is 0. The van der Waals surface area contributed by atoms with Gasteiger partial charge in [-0.15, -0.1) is 0 Å². The highest BCUT2D eigenvalue weighted by Gasteiger charge is 2.34. The lowest BCUT2D eigenvalue weighted by molar-refractivity contribution is -0.152. The van der Waals surface area contributed by atoms with Crippen molar-refractivity contribution in [2.75, 3.05) is 40.9 Å². The van der Waals surface area contributed by atoms with Crippen molar-refractivity contribution < 1.29 is 23.8 Å². The van der Waals surface area contributed by atoms with Gasteiger partial charge in [0.25, 0.3) is 5.91 Å². The molecule has 4 atom stereocenters. The molecule has 1 saturated heterocycles. The lowest BCUT2D eigenvalue weighted by Crippen LogP contribution is -2.49. The summed E-state index contributed by atoms with van der Waals surface area (Å²) in [4.78, 5) is 29.2. The van der Waals surface area contributed by atoms with E-state index in [1.54, 1.807) is 44.3 Å². The van der Waals surface area contributed by atoms with Crippen LogP contribution in [0.2, 0.25) is 0 Å². The highest BCUT2D eigenvalue weighted by atomic mass is 16.5. The molecule has 2 aliphatic rings. The zero-order valence-corrected chi connectivity index (χ0v) is 18.7. The van der Waals surface area contributed by atoms with Gasteiger partial charge in [-0.2, -0.15) is 5.26 Å². The molecule has 0 saturated carbocycles. The number of fused-ring (bicyclic) bond motifs is 3. The molecule has 1 aromatic rings. The van der Waals surface area contributed by atoms with E-state index in [2.05, 4.69) is 6.07 Å². The van der Waals surface area contributed by atoms with Crippen LogP contribution in [0.1, 0.15) is 42.1 Å². The van der Waals surface area contributed by atoms with Crippen LogP contribution in [0, 0.1) is 17.2 Å². The number of ether oxygens (including phenoxy) is 3. The number of amides is 2. The van der Waals surface area contributed by atoms with Crippen LogP contribution in [-0.4, -0.2) is 80.8 Å². The summed E-state index contributed by atoms with van der Waals surface area (Å²) in [5.41, 5.74) is 0.709. The highest BCUT2D eigenvalue weighted by Crippen LogP contribution is 2.27. The Morgan fingerprint density at radius 2 is 1.90 bits per heavy atom. The molecule has 31 heavy (non-hydrogen) atoms. The van der Waals surface area contributed by atoms with Crippen LogP contribution >= 0.6 is 0 Å². The van der Waals surface area contributed by atoms with Gasteiger partial charge in [-0.3, -0.25) is 9.59 Å². The topological polar surface area (TPSA) is 92.1 Å². The minimum absolute atomic E-state index is 0.0114. The molecule has 2 aliphatic heterocycles. The molecule has 3 rings (SSSR count). The van der Waals surface area contributed by atoms with Crippen molar-refractivity contribution in [1.29, 1.82) is 5.26 Å². The van der Waals surface area contributed by atoms with E-state index in [9.17, 15) is 14.9 Å². The summed E-state index contributed by atoms with van der Waals surface area (Å²) in [6.07, 6.45) is 2.07. The quantitative estimate of drug-likeness (QED) is 0.679. The predicted octanol–water partition coefficient (Wildman–Crippen LogP) is 2.07. The molecule has 0 aromatic heterocycles. The van der Waals surface area contributed by atoms with Crippen LogP contribution in [0.25, 0.3) is 0 Å². The summed E-state index contributed by atoms with van der Waals surface area (Å²) in [6.45, 7) is 2.88. The third-order valence-electron chi connectivity index (χ3n) is 6.04. The van der Waals surface area contributed by atoms with Crippen LogP contribution in [0.15, 0.2) is 18.2 Å². The SMILES string of the molecule is CO[C@H]1CC[C@@H]2CCOc3ccc(C#N)cc3C(=O)N(C)C[C@H](C)C(=O)N(C)C[C@@H]1O2. The minimum atomic E-state index is -0.395. The lowest BCUT2D eigenvalue weighted by Gasteiger charge is -2.38. The number of carbonyl (C=O) groups excluding carboxylic acids is 2. The molecular weight excluding hydrogens is 398 g/mol. The molecule has 2 amide bonds. The second kappa shape index (κ2) is 10.1. The first-order valence-corrected chi connectivity index (χ1v) is 10.7. The number of benzene rings is 1. The minimum Gasteiger partial charge on any atom is -0.493 e. The molecule has 0 N–H and O–H groups in total. The van der Waals surface area contributed by atoms with Crippen LogP contribution in [0.3, 0.4) is 0 Å². The van der Waals surface area contributed by atoms with E-state index in [0.717, 1.165) is 12.8 Å². The molecule has 0 spiro atoms. The van der Waals surface area contributed by atoms with Gasteiger partial charge in [-0.1, -0.05) is 6.92 Å². The van der Waals surface area contributed by atoms with Gasteiger partial charge >= 0.3 is 0 Å². The average Bonchev–Trinajstić information content (AvgIpc) is 2.77. The van der Waals surface area contributed by atoms with E-state index in [4.69, 9.17) is 14.2 Å². The second-order valence-corrected chi connectivity index (χ2v) is 8.41. The molecule has 8 nitrogen and oxygen atoms in total. The Hall–Kier alpha value is -2.63. The van der Waals surface area contributed by atoms with Crippen molar-refractivity contribution in [1.82, 2.24) is 9.80 Å². The molecule has 2 heterocycles. The van der Waals surface area contributed by atoms with Crippen LogP contribution in [0.5, 0.6) is 5.75 Å². The number of nitriles is 1. The van der Waals surface area contributed by atoms with Gasteiger partial charge in [0, 0.05) is 40.7 Å². The van der Waals surface area contributed by atoms with Crippen LogP contribution < -0.4 is 4.74 Å². The van der Waals surface area contributed by atoms with Crippen molar-refractivity contribution in [2.24, 2.45) is 5.92 Å². The van der Waals surface area contributed by atoms with E-state index in [1.807, 2.05) is 6.92 Å². The van der Waals surface area contributed by atoms with Crippen molar-refractivity contribution in [3.63, 3.8) is 0 Å². The number of rotatable bonds is 1. The maximum absolute atomic E-state index is 13.1. The first kappa shape index (κ1) is 23.0. The van der Waals surface area contributed by atoms with E-state index >= 15 is 0 Å². The standard InChI is InChI=1S/C23H31N3O5/c1-15-13-25(2)23(28)18-11-16(12-24)5-7-19(18)30-10-9-17-6-8-20(29-4)21(31-17)14-26(3)22(15)27/h5,7,11,15,17,20-21H,6,8-10,13-14H2,1-4H3/t15-,17+,20-,21-/m0/s1. The fourth-order valence-electron chi connectivity index (χ4n) is 4.29. The smallest absolute Gasteiger partial charge is 0.257 e. The number of carbonyl (C=O) groups is 2. The summed E-state index contributed by atoms with van der Waals surface area (Å²) in [5.74, 6) is -0.298. The highest BCUT2D eigenvalue weighted by molar-refractivity contribution is 5.97. The van der Waals surface area contributed by atoms with Gasteiger partial charge in [0.1, 0.15) is 11.9 Å². The summed E-state index contributed by atoms with van der Waals surface area (Å²) in [5, 5.41) is 9.25. The van der Waals surface area contributed by atoms with Crippen molar-refractivity contribution in [2.45, 2.75) is 44.5 Å². The van der Waals surface area contributed by atoms with E-state index in [1.165, 1.54) is 4.90 Å². The summed E-state index contributed by atoms with van der Waals surface area (Å²) >= 11 is 0. The maximum Gasteiger partial charge on any atom is 0.257 e. The Labute approximate surface area is 183 Å². The molecular formula is C23H31N3O5. The van der Waals surface area contributed by atoms with Gasteiger partial charge in [0.05, 0.1) is 41.9 Å². The van der Waals surface area contributed by atoms with Crippen LogP contribution in [-0.2, 0) is 14.3 Å². The first-order chi connectivity index (χ1) is 14.8. The molecule has 0 unspecified atom stereocenters. The normalized spacial score (nSPS) is 28.1. The van der Waals surface area contributed by atoms with Crippen molar-refractivity contribution in [3.05, 3.63) is 29.3 Å². The van der Waals surface area contributed by atoms with Gasteiger partial charge in [-0.25, -0.2) is 0 Å². The second-order valence-electron chi connectivity index (χ2n) is 8.41. The Morgan fingerprint density at radius 1 is 1.13 bits per heavy atom. The molecule has 1 fully saturated rings. The summed E-state index contributed by atoms with van der Waals surface area (Å²) < 4.78 is 17.8. The molecule has 168 valence electrons.